The molecule has 0 radical (unpaired) electrons. The number of piperazine rings is 1. The summed E-state index contributed by atoms with van der Waals surface area (Å²) in [6, 6.07) is 6.07. The Bertz CT molecular complexity index is 470. The van der Waals surface area contributed by atoms with Crippen molar-refractivity contribution in [3.8, 4) is 5.75 Å². The van der Waals surface area contributed by atoms with E-state index in [1.54, 1.807) is 7.11 Å². The lowest BCUT2D eigenvalue weighted by Crippen LogP contribution is -2.49. The second kappa shape index (κ2) is 6.90. The summed E-state index contributed by atoms with van der Waals surface area (Å²) in [6.45, 7) is 9.48. The van der Waals surface area contributed by atoms with Crippen LogP contribution in [0.15, 0.2) is 18.2 Å². The van der Waals surface area contributed by atoms with Crippen molar-refractivity contribution in [3.63, 3.8) is 0 Å². The van der Waals surface area contributed by atoms with Gasteiger partial charge in [0.15, 0.2) is 5.11 Å². The highest BCUT2D eigenvalue weighted by Gasteiger charge is 2.18. The molecule has 4 nitrogen and oxygen atoms in total. The molecule has 2 rings (SSSR count). The summed E-state index contributed by atoms with van der Waals surface area (Å²) >= 11 is 5.52. The van der Waals surface area contributed by atoms with Gasteiger partial charge in [0, 0.05) is 26.2 Å². The van der Waals surface area contributed by atoms with Gasteiger partial charge in [-0.15, -0.1) is 0 Å². The molecule has 0 aromatic heterocycles. The van der Waals surface area contributed by atoms with Gasteiger partial charge in [0.05, 0.1) is 12.8 Å². The number of ether oxygens (including phenoxy) is 1. The molecule has 1 N–H and O–H groups in total. The minimum Gasteiger partial charge on any atom is -0.495 e. The van der Waals surface area contributed by atoms with E-state index in [1.165, 1.54) is 5.56 Å². The van der Waals surface area contributed by atoms with Gasteiger partial charge in [-0.25, -0.2) is 0 Å². The van der Waals surface area contributed by atoms with Crippen molar-refractivity contribution in [2.24, 2.45) is 0 Å². The first-order chi connectivity index (χ1) is 9.63. The van der Waals surface area contributed by atoms with Crippen molar-refractivity contribution in [2.45, 2.75) is 13.8 Å². The van der Waals surface area contributed by atoms with Crippen molar-refractivity contribution < 1.29 is 4.74 Å². The maximum atomic E-state index is 5.52. The van der Waals surface area contributed by atoms with Gasteiger partial charge in [-0.2, -0.15) is 0 Å². The third-order valence-electron chi connectivity index (χ3n) is 3.70. The topological polar surface area (TPSA) is 27.7 Å². The Morgan fingerprint density at radius 3 is 2.60 bits per heavy atom. The maximum absolute atomic E-state index is 5.52. The van der Waals surface area contributed by atoms with Crippen LogP contribution in [0.3, 0.4) is 0 Å². The molecule has 1 heterocycles. The lowest BCUT2D eigenvalue weighted by molar-refractivity contribution is 0.191. The smallest absolute Gasteiger partial charge is 0.173 e. The van der Waals surface area contributed by atoms with E-state index in [0.717, 1.165) is 49.3 Å². The molecule has 1 aromatic carbocycles. The summed E-state index contributed by atoms with van der Waals surface area (Å²) in [4.78, 5) is 4.66. The molecule has 0 amide bonds. The van der Waals surface area contributed by atoms with E-state index in [9.17, 15) is 0 Å². The van der Waals surface area contributed by atoms with Gasteiger partial charge in [0.1, 0.15) is 5.75 Å². The number of thiocarbonyl (C=S) groups is 1. The molecule has 0 saturated carbocycles. The Morgan fingerprint density at radius 1 is 1.30 bits per heavy atom. The summed E-state index contributed by atoms with van der Waals surface area (Å²) in [5.74, 6) is 0.824. The molecule has 0 atom stereocenters. The van der Waals surface area contributed by atoms with Crippen molar-refractivity contribution in [1.29, 1.82) is 0 Å². The molecule has 0 bridgehead atoms. The number of rotatable bonds is 3. The van der Waals surface area contributed by atoms with Crippen LogP contribution in [0.4, 0.5) is 5.69 Å². The Labute approximate surface area is 126 Å². The molecule has 0 aliphatic carbocycles. The van der Waals surface area contributed by atoms with E-state index >= 15 is 0 Å². The van der Waals surface area contributed by atoms with Crippen LogP contribution >= 0.6 is 12.2 Å². The first kappa shape index (κ1) is 15.1. The molecule has 1 aliphatic rings. The Hall–Kier alpha value is -1.33. The quantitative estimate of drug-likeness (QED) is 0.864. The van der Waals surface area contributed by atoms with Crippen LogP contribution in [0, 0.1) is 6.92 Å². The van der Waals surface area contributed by atoms with E-state index in [-0.39, 0.29) is 0 Å². The summed E-state index contributed by atoms with van der Waals surface area (Å²) < 4.78 is 5.37. The number of nitrogens with one attached hydrogen (secondary N) is 1. The largest absolute Gasteiger partial charge is 0.495 e. The third-order valence-corrected chi connectivity index (χ3v) is 4.06. The van der Waals surface area contributed by atoms with E-state index < -0.39 is 0 Å². The van der Waals surface area contributed by atoms with Crippen molar-refractivity contribution in [2.75, 3.05) is 45.2 Å². The minimum absolute atomic E-state index is 0.782. The lowest BCUT2D eigenvalue weighted by Gasteiger charge is -2.35. The number of hydrogen-bond acceptors (Lipinski definition) is 3. The molecular weight excluding hydrogens is 270 g/mol. The first-order valence-electron chi connectivity index (χ1n) is 7.07. The molecule has 20 heavy (non-hydrogen) atoms. The Morgan fingerprint density at radius 2 is 2.00 bits per heavy atom. The first-order valence-corrected chi connectivity index (χ1v) is 7.47. The standard InChI is InChI=1S/C15H23N3OS/c1-4-17-7-9-18(10-8-17)15(20)16-13-11-12(2)5-6-14(13)19-3/h5-6,11H,4,7-10H2,1-3H3,(H,16,20). The molecule has 110 valence electrons. The van der Waals surface area contributed by atoms with Crippen molar-refractivity contribution >= 4 is 23.0 Å². The van der Waals surface area contributed by atoms with E-state index in [1.807, 2.05) is 12.1 Å². The molecule has 0 spiro atoms. The predicted octanol–water partition coefficient (Wildman–Crippen LogP) is 2.34. The highest BCUT2D eigenvalue weighted by atomic mass is 32.1. The minimum atomic E-state index is 0.782. The monoisotopic (exact) mass is 293 g/mol. The fourth-order valence-electron chi connectivity index (χ4n) is 2.38. The Balaban J connectivity index is 1.99. The normalized spacial score (nSPS) is 16.1. The number of likely N-dealkylation sites (N-methyl/N-ethyl adjacent to an activating group) is 1. The molecule has 1 aliphatic heterocycles. The van der Waals surface area contributed by atoms with Crippen molar-refractivity contribution in [1.82, 2.24) is 9.80 Å². The highest BCUT2D eigenvalue weighted by molar-refractivity contribution is 7.80. The van der Waals surface area contributed by atoms with Crippen LogP contribution < -0.4 is 10.1 Å². The average molecular weight is 293 g/mol. The molecule has 1 fully saturated rings. The van der Waals surface area contributed by atoms with Gasteiger partial charge in [0.2, 0.25) is 0 Å². The summed E-state index contributed by atoms with van der Waals surface area (Å²) in [5.41, 5.74) is 2.13. The predicted molar refractivity (Wildman–Crippen MR) is 87.6 cm³/mol. The van der Waals surface area contributed by atoms with Gasteiger partial charge in [0.25, 0.3) is 0 Å². The third kappa shape index (κ3) is 3.61. The van der Waals surface area contributed by atoms with Gasteiger partial charge in [-0.3, -0.25) is 0 Å². The molecule has 1 saturated heterocycles. The van der Waals surface area contributed by atoms with Gasteiger partial charge >= 0.3 is 0 Å². The zero-order valence-electron chi connectivity index (χ0n) is 12.5. The average Bonchev–Trinajstić information content (AvgIpc) is 2.47. The second-order valence-corrected chi connectivity index (χ2v) is 5.44. The molecule has 0 unspecified atom stereocenters. The SMILES string of the molecule is CCN1CCN(C(=S)Nc2cc(C)ccc2OC)CC1. The number of aryl methyl sites for hydroxylation is 1. The van der Waals surface area contributed by atoms with Crippen LogP contribution in [0.1, 0.15) is 12.5 Å². The summed E-state index contributed by atoms with van der Waals surface area (Å²) in [7, 11) is 1.68. The molecule has 5 heteroatoms. The number of benzene rings is 1. The summed E-state index contributed by atoms with van der Waals surface area (Å²) in [6.07, 6.45) is 0. The second-order valence-electron chi connectivity index (χ2n) is 5.06. The summed E-state index contributed by atoms with van der Waals surface area (Å²) in [5, 5.41) is 4.10. The number of nitrogens with zero attached hydrogens (tertiary/aromatic N) is 2. The van der Waals surface area contributed by atoms with Crippen LogP contribution in [-0.2, 0) is 0 Å². The lowest BCUT2D eigenvalue weighted by atomic mass is 10.2. The Kier molecular flexibility index (Phi) is 5.20. The maximum Gasteiger partial charge on any atom is 0.173 e. The zero-order valence-corrected chi connectivity index (χ0v) is 13.3. The molecule has 1 aromatic rings. The number of methoxy groups -OCH3 is 1. The van der Waals surface area contributed by atoms with Crippen LogP contribution in [0.25, 0.3) is 0 Å². The fraction of sp³-hybridized carbons (Fsp3) is 0.533. The number of hydrogen-bond donors (Lipinski definition) is 1. The number of anilines is 1. The molecular formula is C15H23N3OS. The zero-order chi connectivity index (χ0) is 14.5. The van der Waals surface area contributed by atoms with Gasteiger partial charge in [-0.05, 0) is 43.4 Å². The van der Waals surface area contributed by atoms with Crippen LogP contribution in [0.2, 0.25) is 0 Å². The van der Waals surface area contributed by atoms with Crippen molar-refractivity contribution in [3.05, 3.63) is 23.8 Å². The van der Waals surface area contributed by atoms with Crippen LogP contribution in [-0.4, -0.2) is 54.7 Å². The van der Waals surface area contributed by atoms with E-state index in [4.69, 9.17) is 17.0 Å². The van der Waals surface area contributed by atoms with E-state index in [2.05, 4.69) is 35.0 Å². The van der Waals surface area contributed by atoms with E-state index in [0.29, 0.717) is 0 Å². The highest BCUT2D eigenvalue weighted by Crippen LogP contribution is 2.25. The van der Waals surface area contributed by atoms with Gasteiger partial charge < -0.3 is 19.9 Å². The van der Waals surface area contributed by atoms with Crippen LogP contribution in [0.5, 0.6) is 5.75 Å². The van der Waals surface area contributed by atoms with Gasteiger partial charge in [-0.1, -0.05) is 13.0 Å². The fourth-order valence-corrected chi connectivity index (χ4v) is 2.67.